The number of methoxy groups -OCH3 is 1. The number of ether oxygens (including phenoxy) is 2. The molecule has 112 valence electrons. The Labute approximate surface area is 106 Å². The predicted molar refractivity (Wildman–Crippen MR) is 49.1 cm³/mol. The molecule has 0 atom stereocenters. The van der Waals surface area contributed by atoms with E-state index in [2.05, 4.69) is 14.5 Å². The summed E-state index contributed by atoms with van der Waals surface area (Å²) in [5.41, 5.74) is -3.75. The molecule has 1 heterocycles. The molecule has 0 aromatic carbocycles. The molecular formula is C8H4F6N2O4. The number of hydrogen-bond donors (Lipinski definition) is 0. The highest BCUT2D eigenvalue weighted by Gasteiger charge is 2.44. The standard InChI is InChI=1S/C8H4F6N2O4/c1-19-3-2-4(20-8(12,13)14)15-6(7(9,10)11)5(3)16(17)18/h2H,1H3. The first-order valence-corrected chi connectivity index (χ1v) is 4.52. The molecule has 0 saturated carbocycles. The first-order valence-electron chi connectivity index (χ1n) is 4.52. The van der Waals surface area contributed by atoms with Gasteiger partial charge < -0.3 is 9.47 Å². The highest BCUT2D eigenvalue weighted by atomic mass is 19.4. The number of hydrogen-bond acceptors (Lipinski definition) is 5. The van der Waals surface area contributed by atoms with Crippen LogP contribution in [0.2, 0.25) is 0 Å². The quantitative estimate of drug-likeness (QED) is 0.487. The van der Waals surface area contributed by atoms with E-state index in [9.17, 15) is 36.5 Å². The first kappa shape index (κ1) is 15.8. The van der Waals surface area contributed by atoms with Crippen LogP contribution in [0.25, 0.3) is 0 Å². The van der Waals surface area contributed by atoms with Crippen molar-refractivity contribution in [3.8, 4) is 11.6 Å². The van der Waals surface area contributed by atoms with E-state index >= 15 is 0 Å². The Morgan fingerprint density at radius 2 is 1.80 bits per heavy atom. The van der Waals surface area contributed by atoms with Crippen molar-refractivity contribution in [1.82, 2.24) is 4.98 Å². The maximum absolute atomic E-state index is 12.6. The van der Waals surface area contributed by atoms with Gasteiger partial charge in [0.25, 0.3) is 0 Å². The van der Waals surface area contributed by atoms with Crippen molar-refractivity contribution in [3.63, 3.8) is 0 Å². The lowest BCUT2D eigenvalue weighted by atomic mass is 10.2. The third kappa shape index (κ3) is 3.61. The summed E-state index contributed by atoms with van der Waals surface area (Å²) < 4.78 is 81.0. The zero-order valence-corrected chi connectivity index (χ0v) is 9.37. The number of alkyl halides is 6. The van der Waals surface area contributed by atoms with E-state index in [1.54, 1.807) is 0 Å². The minimum Gasteiger partial charge on any atom is -0.490 e. The zero-order valence-electron chi connectivity index (χ0n) is 9.37. The summed E-state index contributed by atoms with van der Waals surface area (Å²) >= 11 is 0. The third-order valence-electron chi connectivity index (χ3n) is 1.83. The molecule has 1 rings (SSSR count). The van der Waals surface area contributed by atoms with E-state index in [1.165, 1.54) is 0 Å². The van der Waals surface area contributed by atoms with Gasteiger partial charge in [-0.2, -0.15) is 13.2 Å². The van der Waals surface area contributed by atoms with E-state index < -0.39 is 40.5 Å². The second-order valence-corrected chi connectivity index (χ2v) is 3.16. The second kappa shape index (κ2) is 5.02. The summed E-state index contributed by atoms with van der Waals surface area (Å²) in [6.07, 6.45) is -10.7. The highest BCUT2D eigenvalue weighted by Crippen LogP contribution is 2.42. The molecule has 0 aliphatic carbocycles. The number of nitrogens with zero attached hydrogens (tertiary/aromatic N) is 2. The van der Waals surface area contributed by atoms with Gasteiger partial charge in [0.15, 0.2) is 0 Å². The lowest BCUT2D eigenvalue weighted by Crippen LogP contribution is -2.20. The van der Waals surface area contributed by atoms with Gasteiger partial charge in [-0.1, -0.05) is 0 Å². The Morgan fingerprint density at radius 3 is 2.15 bits per heavy atom. The van der Waals surface area contributed by atoms with Crippen LogP contribution >= 0.6 is 0 Å². The normalized spacial score (nSPS) is 12.2. The third-order valence-corrected chi connectivity index (χ3v) is 1.83. The topological polar surface area (TPSA) is 74.5 Å². The van der Waals surface area contributed by atoms with Crippen LogP contribution in [0.5, 0.6) is 11.6 Å². The molecule has 1 aromatic rings. The van der Waals surface area contributed by atoms with E-state index in [0.717, 1.165) is 7.11 Å². The van der Waals surface area contributed by atoms with Gasteiger partial charge in [0.2, 0.25) is 17.3 Å². The van der Waals surface area contributed by atoms with Crippen LogP contribution in [-0.4, -0.2) is 23.4 Å². The molecule has 0 aliphatic heterocycles. The molecule has 0 spiro atoms. The summed E-state index contributed by atoms with van der Waals surface area (Å²) in [6, 6.07) is 0.237. The molecule has 1 aromatic heterocycles. The van der Waals surface area contributed by atoms with Gasteiger partial charge in [-0.05, 0) is 0 Å². The van der Waals surface area contributed by atoms with Crippen LogP contribution in [0.15, 0.2) is 6.07 Å². The maximum Gasteiger partial charge on any atom is 0.574 e. The summed E-state index contributed by atoms with van der Waals surface area (Å²) in [4.78, 5) is 11.6. The van der Waals surface area contributed by atoms with Crippen molar-refractivity contribution >= 4 is 5.69 Å². The summed E-state index contributed by atoms with van der Waals surface area (Å²) in [5, 5.41) is 10.6. The molecule has 0 aliphatic rings. The summed E-state index contributed by atoms with van der Waals surface area (Å²) in [5.74, 6) is -2.58. The van der Waals surface area contributed by atoms with Crippen molar-refractivity contribution in [3.05, 3.63) is 21.9 Å². The van der Waals surface area contributed by atoms with E-state index in [0.29, 0.717) is 0 Å². The molecule has 6 nitrogen and oxygen atoms in total. The molecule has 0 fully saturated rings. The predicted octanol–water partition coefficient (Wildman–Crippen LogP) is 2.92. The van der Waals surface area contributed by atoms with Gasteiger partial charge in [-0.15, -0.1) is 13.2 Å². The van der Waals surface area contributed by atoms with Crippen molar-refractivity contribution in [2.45, 2.75) is 12.5 Å². The van der Waals surface area contributed by atoms with Crippen LogP contribution < -0.4 is 9.47 Å². The van der Waals surface area contributed by atoms with Crippen molar-refractivity contribution in [2.75, 3.05) is 7.11 Å². The van der Waals surface area contributed by atoms with Gasteiger partial charge in [-0.3, -0.25) is 10.1 Å². The fourth-order valence-corrected chi connectivity index (χ4v) is 1.19. The molecule has 0 bridgehead atoms. The van der Waals surface area contributed by atoms with Crippen molar-refractivity contribution < 1.29 is 40.7 Å². The SMILES string of the molecule is COc1cc(OC(F)(F)F)nc(C(F)(F)F)c1[N+](=O)[O-]. The average molecular weight is 306 g/mol. The molecule has 0 saturated heterocycles. The molecular weight excluding hydrogens is 302 g/mol. The molecule has 12 heteroatoms. The number of aromatic nitrogens is 1. The fourth-order valence-electron chi connectivity index (χ4n) is 1.19. The van der Waals surface area contributed by atoms with E-state index in [-0.39, 0.29) is 6.07 Å². The largest absolute Gasteiger partial charge is 0.574 e. The van der Waals surface area contributed by atoms with E-state index in [1.807, 2.05) is 0 Å². The number of halogens is 6. The van der Waals surface area contributed by atoms with Crippen molar-refractivity contribution in [2.24, 2.45) is 0 Å². The van der Waals surface area contributed by atoms with Gasteiger partial charge in [-0.25, -0.2) is 4.98 Å². The van der Waals surface area contributed by atoms with Gasteiger partial charge in [0, 0.05) is 0 Å². The minimum absolute atomic E-state index is 0.237. The van der Waals surface area contributed by atoms with Gasteiger partial charge in [0.1, 0.15) is 0 Å². The van der Waals surface area contributed by atoms with Crippen molar-refractivity contribution in [1.29, 1.82) is 0 Å². The number of rotatable bonds is 3. The maximum atomic E-state index is 12.6. The molecule has 20 heavy (non-hydrogen) atoms. The minimum atomic E-state index is -5.36. The van der Waals surface area contributed by atoms with Crippen LogP contribution in [0.3, 0.4) is 0 Å². The first-order chi connectivity index (χ1) is 8.95. The molecule has 0 unspecified atom stereocenters. The van der Waals surface area contributed by atoms with Crippen LogP contribution in [0.1, 0.15) is 5.69 Å². The van der Waals surface area contributed by atoms with Crippen LogP contribution in [-0.2, 0) is 6.18 Å². The number of pyridine rings is 1. The fraction of sp³-hybridized carbons (Fsp3) is 0.375. The average Bonchev–Trinajstić information content (AvgIpc) is 2.23. The van der Waals surface area contributed by atoms with E-state index in [4.69, 9.17) is 0 Å². The van der Waals surface area contributed by atoms with Gasteiger partial charge in [0.05, 0.1) is 18.1 Å². The van der Waals surface area contributed by atoms with Gasteiger partial charge >= 0.3 is 18.2 Å². The smallest absolute Gasteiger partial charge is 0.490 e. The Kier molecular flexibility index (Phi) is 3.96. The summed E-state index contributed by atoms with van der Waals surface area (Å²) in [7, 11) is 0.750. The van der Waals surface area contributed by atoms with Crippen LogP contribution in [0.4, 0.5) is 32.0 Å². The molecule has 0 amide bonds. The lowest BCUT2D eigenvalue weighted by Gasteiger charge is -2.13. The molecule has 0 radical (unpaired) electrons. The Morgan fingerprint density at radius 1 is 1.25 bits per heavy atom. The Hall–Kier alpha value is -2.27. The van der Waals surface area contributed by atoms with Crippen LogP contribution in [0, 0.1) is 10.1 Å². The zero-order chi connectivity index (χ0) is 15.7. The number of nitro groups is 1. The Balaban J connectivity index is 3.52. The monoisotopic (exact) mass is 306 g/mol. The highest BCUT2D eigenvalue weighted by molar-refractivity contribution is 5.53. The summed E-state index contributed by atoms with van der Waals surface area (Å²) in [6.45, 7) is 0. The Bertz CT molecular complexity index is 527. The lowest BCUT2D eigenvalue weighted by molar-refractivity contribution is -0.389. The second-order valence-electron chi connectivity index (χ2n) is 3.16. The molecule has 0 N–H and O–H groups in total.